The van der Waals surface area contributed by atoms with Gasteiger partial charge < -0.3 is 14.6 Å². The number of esters is 1. The van der Waals surface area contributed by atoms with Crippen molar-refractivity contribution in [2.45, 2.75) is 32.2 Å². The lowest BCUT2D eigenvalue weighted by Crippen LogP contribution is -2.34. The number of nitrogens with zero attached hydrogens (tertiary/aromatic N) is 2. The number of imidazole rings is 1. The summed E-state index contributed by atoms with van der Waals surface area (Å²) in [5.74, 6) is 0.122. The van der Waals surface area contributed by atoms with Crippen LogP contribution in [0.15, 0.2) is 12.4 Å². The van der Waals surface area contributed by atoms with E-state index in [0.29, 0.717) is 19.0 Å². The maximum atomic E-state index is 11.3. The zero-order chi connectivity index (χ0) is 13.0. The first kappa shape index (κ1) is 12.6. The van der Waals surface area contributed by atoms with Crippen molar-refractivity contribution in [2.75, 3.05) is 13.2 Å². The third-order valence-electron chi connectivity index (χ3n) is 2.79. The number of nitrogens with one attached hydrogen (secondary N) is 1. The molecule has 98 valence electrons. The summed E-state index contributed by atoms with van der Waals surface area (Å²) in [7, 11) is 0. The quantitative estimate of drug-likeness (QED) is 0.608. The Labute approximate surface area is 105 Å². The maximum absolute atomic E-state index is 11.3. The average molecular weight is 251 g/mol. The van der Waals surface area contributed by atoms with E-state index in [4.69, 9.17) is 0 Å². The highest BCUT2D eigenvalue weighted by molar-refractivity contribution is 6.32. The van der Waals surface area contributed by atoms with Crippen molar-refractivity contribution < 1.29 is 14.3 Å². The predicted molar refractivity (Wildman–Crippen MR) is 63.8 cm³/mol. The lowest BCUT2D eigenvalue weighted by atomic mass is 10.4. The molecule has 6 heteroatoms. The Bertz CT molecular complexity index is 438. The van der Waals surface area contributed by atoms with Crippen LogP contribution in [0.2, 0.25) is 0 Å². The van der Waals surface area contributed by atoms with Crippen LogP contribution >= 0.6 is 0 Å². The van der Waals surface area contributed by atoms with Crippen LogP contribution < -0.4 is 5.32 Å². The number of hydrogen-bond acceptors (Lipinski definition) is 4. The van der Waals surface area contributed by atoms with Gasteiger partial charge in [-0.15, -0.1) is 0 Å². The Morgan fingerprint density at radius 3 is 3.00 bits per heavy atom. The second-order valence-corrected chi connectivity index (χ2v) is 4.23. The number of ether oxygens (including phenoxy) is 1. The molecule has 1 aliphatic carbocycles. The van der Waals surface area contributed by atoms with E-state index >= 15 is 0 Å². The molecule has 0 radical (unpaired) electrons. The fourth-order valence-corrected chi connectivity index (χ4v) is 1.77. The second kappa shape index (κ2) is 5.66. The van der Waals surface area contributed by atoms with Gasteiger partial charge in [-0.2, -0.15) is 0 Å². The van der Waals surface area contributed by atoms with E-state index in [2.05, 4.69) is 15.0 Å². The minimum absolute atomic E-state index is 0.208. The van der Waals surface area contributed by atoms with E-state index in [1.807, 2.05) is 10.8 Å². The fourth-order valence-electron chi connectivity index (χ4n) is 1.77. The zero-order valence-corrected chi connectivity index (χ0v) is 10.4. The summed E-state index contributed by atoms with van der Waals surface area (Å²) in [5.41, 5.74) is 0. The predicted octanol–water partition coefficient (Wildman–Crippen LogP) is 0.440. The first-order valence-electron chi connectivity index (χ1n) is 6.18. The largest absolute Gasteiger partial charge is 0.459 e. The van der Waals surface area contributed by atoms with Gasteiger partial charge in [-0.1, -0.05) is 0 Å². The van der Waals surface area contributed by atoms with Crippen molar-refractivity contribution in [3.63, 3.8) is 0 Å². The molecule has 0 unspecified atom stereocenters. The molecule has 0 aromatic carbocycles. The molecule has 1 aliphatic rings. The minimum Gasteiger partial charge on any atom is -0.459 e. The van der Waals surface area contributed by atoms with Gasteiger partial charge in [0.05, 0.1) is 6.61 Å². The van der Waals surface area contributed by atoms with E-state index in [1.165, 1.54) is 12.8 Å². The smallest absolute Gasteiger partial charge is 0.396 e. The molecule has 6 nitrogen and oxygen atoms in total. The van der Waals surface area contributed by atoms with Gasteiger partial charge in [0.15, 0.2) is 0 Å². The molecule has 1 heterocycles. The van der Waals surface area contributed by atoms with E-state index in [0.717, 1.165) is 5.82 Å². The van der Waals surface area contributed by atoms with Gasteiger partial charge >= 0.3 is 11.9 Å². The minimum atomic E-state index is -0.828. The van der Waals surface area contributed by atoms with Crippen LogP contribution in [-0.4, -0.2) is 34.6 Å². The van der Waals surface area contributed by atoms with Crippen LogP contribution in [0.1, 0.15) is 31.5 Å². The number of aromatic nitrogens is 2. The van der Waals surface area contributed by atoms with Gasteiger partial charge in [0.1, 0.15) is 5.82 Å². The van der Waals surface area contributed by atoms with Crippen LogP contribution in [-0.2, 0) is 20.9 Å². The van der Waals surface area contributed by atoms with E-state index in [-0.39, 0.29) is 6.61 Å². The van der Waals surface area contributed by atoms with Gasteiger partial charge in [0, 0.05) is 31.4 Å². The number of hydrogen-bond donors (Lipinski definition) is 1. The molecule has 1 N–H and O–H groups in total. The van der Waals surface area contributed by atoms with Crippen LogP contribution in [0.25, 0.3) is 0 Å². The molecule has 0 spiro atoms. The van der Waals surface area contributed by atoms with Crippen molar-refractivity contribution in [1.82, 2.24) is 14.9 Å². The van der Waals surface area contributed by atoms with Gasteiger partial charge in [0.25, 0.3) is 0 Å². The molecule has 1 aromatic heterocycles. The summed E-state index contributed by atoms with van der Waals surface area (Å²) in [6, 6.07) is 0. The highest BCUT2D eigenvalue weighted by Crippen LogP contribution is 2.38. The Balaban J connectivity index is 1.76. The maximum Gasteiger partial charge on any atom is 0.396 e. The van der Waals surface area contributed by atoms with Crippen molar-refractivity contribution in [3.05, 3.63) is 18.2 Å². The molecular formula is C12H17N3O3. The van der Waals surface area contributed by atoms with Crippen LogP contribution in [0, 0.1) is 0 Å². The first-order chi connectivity index (χ1) is 8.72. The van der Waals surface area contributed by atoms with Gasteiger partial charge in [-0.05, 0) is 19.8 Å². The Hall–Kier alpha value is -1.85. The molecule has 1 fully saturated rings. The number of carbonyl (C=O) groups excluding carboxylic acids is 2. The second-order valence-electron chi connectivity index (χ2n) is 4.23. The Morgan fingerprint density at radius 1 is 1.56 bits per heavy atom. The third-order valence-corrected chi connectivity index (χ3v) is 2.79. The molecular weight excluding hydrogens is 234 g/mol. The van der Waals surface area contributed by atoms with E-state index in [9.17, 15) is 9.59 Å². The molecule has 18 heavy (non-hydrogen) atoms. The van der Waals surface area contributed by atoms with Crippen LogP contribution in [0.5, 0.6) is 0 Å². The van der Waals surface area contributed by atoms with E-state index < -0.39 is 11.9 Å². The molecule has 2 rings (SSSR count). The molecule has 1 saturated carbocycles. The molecule has 0 saturated heterocycles. The van der Waals surface area contributed by atoms with Crippen molar-refractivity contribution >= 4 is 11.9 Å². The average Bonchev–Trinajstić information content (AvgIpc) is 3.10. The van der Waals surface area contributed by atoms with Crippen molar-refractivity contribution in [3.8, 4) is 0 Å². The molecule has 1 amide bonds. The fraction of sp³-hybridized carbons (Fsp3) is 0.583. The van der Waals surface area contributed by atoms with E-state index in [1.54, 1.807) is 13.1 Å². The lowest BCUT2D eigenvalue weighted by Gasteiger charge is -2.08. The number of rotatable bonds is 5. The molecule has 0 aliphatic heterocycles. The van der Waals surface area contributed by atoms with Crippen LogP contribution in [0.4, 0.5) is 0 Å². The number of amides is 1. The summed E-state index contributed by atoms with van der Waals surface area (Å²) >= 11 is 0. The molecule has 0 atom stereocenters. The normalized spacial score (nSPS) is 14.3. The first-order valence-corrected chi connectivity index (χ1v) is 6.18. The molecule has 0 bridgehead atoms. The number of carbonyl (C=O) groups is 2. The summed E-state index contributed by atoms with van der Waals surface area (Å²) in [4.78, 5) is 26.6. The van der Waals surface area contributed by atoms with Crippen LogP contribution in [0.3, 0.4) is 0 Å². The van der Waals surface area contributed by atoms with Gasteiger partial charge in [-0.3, -0.25) is 4.79 Å². The summed E-state index contributed by atoms with van der Waals surface area (Å²) in [5, 5.41) is 2.53. The summed E-state index contributed by atoms with van der Waals surface area (Å²) in [6.45, 7) is 2.89. The zero-order valence-electron chi connectivity index (χ0n) is 10.4. The monoisotopic (exact) mass is 251 g/mol. The third kappa shape index (κ3) is 3.09. The highest BCUT2D eigenvalue weighted by atomic mass is 16.5. The van der Waals surface area contributed by atoms with Gasteiger partial charge in [-0.25, -0.2) is 9.78 Å². The topological polar surface area (TPSA) is 73.2 Å². The highest BCUT2D eigenvalue weighted by Gasteiger charge is 2.27. The Kier molecular flexibility index (Phi) is 3.96. The summed E-state index contributed by atoms with van der Waals surface area (Å²) in [6.07, 6.45) is 6.03. The van der Waals surface area contributed by atoms with Gasteiger partial charge in [0.2, 0.25) is 0 Å². The Morgan fingerprint density at radius 2 is 2.33 bits per heavy atom. The standard InChI is InChI=1S/C12H17N3O3/c1-2-18-12(17)11(16)14-6-8-15-7-5-13-10(15)9-3-4-9/h5,7,9H,2-4,6,8H2,1H3,(H,14,16). The molecule has 1 aromatic rings. The van der Waals surface area contributed by atoms with Crippen molar-refractivity contribution in [1.29, 1.82) is 0 Å². The lowest BCUT2D eigenvalue weighted by molar-refractivity contribution is -0.154. The SMILES string of the molecule is CCOC(=O)C(=O)NCCn1ccnc1C1CC1. The summed E-state index contributed by atoms with van der Waals surface area (Å²) < 4.78 is 6.61. The van der Waals surface area contributed by atoms with Crippen molar-refractivity contribution in [2.24, 2.45) is 0 Å².